The van der Waals surface area contributed by atoms with Crippen molar-refractivity contribution in [2.45, 2.75) is 12.6 Å². The van der Waals surface area contributed by atoms with Crippen LogP contribution < -0.4 is 0 Å². The van der Waals surface area contributed by atoms with Crippen molar-refractivity contribution < 1.29 is 19.1 Å². The first kappa shape index (κ1) is 8.81. The summed E-state index contributed by atoms with van der Waals surface area (Å²) >= 11 is 0. The molecule has 0 rings (SSSR count). The van der Waals surface area contributed by atoms with Crippen LogP contribution >= 0.6 is 0 Å². The first-order valence-corrected chi connectivity index (χ1v) is 2.59. The molecule has 0 aromatic carbocycles. The maximum Gasteiger partial charge on any atom is 0.311 e. The molecule has 0 radical (unpaired) electrons. The number of alkyl halides is 1. The molecular weight excluding hydrogens is 139 g/mol. The van der Waals surface area contributed by atoms with Gasteiger partial charge in [0, 0.05) is 0 Å². The van der Waals surface area contributed by atoms with Crippen molar-refractivity contribution in [3.8, 4) is 0 Å². The zero-order chi connectivity index (χ0) is 8.15. The quantitative estimate of drug-likeness (QED) is 0.465. The molecule has 0 aliphatic rings. The fraction of sp³-hybridized carbons (Fsp3) is 0.333. The van der Waals surface area contributed by atoms with Crippen LogP contribution in [0.15, 0.2) is 12.7 Å². The molecule has 0 aliphatic heterocycles. The lowest BCUT2D eigenvalue weighted by Crippen LogP contribution is -2.16. The predicted octanol–water partition coefficient (Wildman–Crippen LogP) is 0.554. The maximum absolute atomic E-state index is 12.2. The second kappa shape index (κ2) is 3.76. The molecule has 3 nitrogen and oxygen atoms in total. The summed E-state index contributed by atoms with van der Waals surface area (Å²) in [6.07, 6.45) is -1.87. The van der Waals surface area contributed by atoms with Gasteiger partial charge in [0.15, 0.2) is 12.0 Å². The van der Waals surface area contributed by atoms with Gasteiger partial charge in [-0.3, -0.25) is 9.59 Å². The molecule has 56 valence electrons. The first-order chi connectivity index (χ1) is 4.57. The second-order valence-corrected chi connectivity index (χ2v) is 1.67. The number of ketones is 1. The van der Waals surface area contributed by atoms with Gasteiger partial charge in [-0.1, -0.05) is 12.7 Å². The normalized spacial score (nSPS) is 12.1. The van der Waals surface area contributed by atoms with Crippen LogP contribution in [0.4, 0.5) is 4.39 Å². The summed E-state index contributed by atoms with van der Waals surface area (Å²) in [6.45, 7) is 3.00. The lowest BCUT2D eigenvalue weighted by molar-refractivity contribution is -0.141. The monoisotopic (exact) mass is 146 g/mol. The van der Waals surface area contributed by atoms with Gasteiger partial charge in [-0.15, -0.1) is 0 Å². The van der Waals surface area contributed by atoms with E-state index >= 15 is 0 Å². The number of carbonyl (C=O) groups excluding carboxylic acids is 1. The van der Waals surface area contributed by atoms with E-state index in [0.717, 1.165) is 6.08 Å². The summed E-state index contributed by atoms with van der Waals surface area (Å²) in [5.41, 5.74) is 0. The van der Waals surface area contributed by atoms with E-state index in [1.807, 2.05) is 0 Å². The van der Waals surface area contributed by atoms with Crippen LogP contribution in [0.5, 0.6) is 0 Å². The summed E-state index contributed by atoms with van der Waals surface area (Å²) in [5, 5.41) is 8.01. The number of aliphatic carboxylic acids is 1. The number of Topliss-reactive ketones (excluding diaryl/α,β-unsaturated/α-hetero) is 1. The van der Waals surface area contributed by atoms with Gasteiger partial charge < -0.3 is 5.11 Å². The molecule has 0 aromatic rings. The lowest BCUT2D eigenvalue weighted by Gasteiger charge is -1.96. The number of carboxylic acids is 1. The van der Waals surface area contributed by atoms with E-state index in [9.17, 15) is 14.0 Å². The minimum Gasteiger partial charge on any atom is -0.481 e. The second-order valence-electron chi connectivity index (χ2n) is 1.67. The maximum atomic E-state index is 12.2. The number of carbonyl (C=O) groups is 2. The zero-order valence-electron chi connectivity index (χ0n) is 5.21. The third-order valence-corrected chi connectivity index (χ3v) is 0.840. The van der Waals surface area contributed by atoms with E-state index in [-0.39, 0.29) is 0 Å². The Bertz CT molecular complexity index is 164. The van der Waals surface area contributed by atoms with Gasteiger partial charge in [0.2, 0.25) is 0 Å². The molecule has 1 atom stereocenters. The minimum absolute atomic E-state index is 0.769. The Morgan fingerprint density at radius 1 is 1.70 bits per heavy atom. The van der Waals surface area contributed by atoms with Crippen molar-refractivity contribution in [2.24, 2.45) is 0 Å². The Morgan fingerprint density at radius 3 is 2.50 bits per heavy atom. The van der Waals surface area contributed by atoms with Gasteiger partial charge in [0.1, 0.15) is 6.42 Å². The Balaban J connectivity index is 3.84. The SMILES string of the molecule is C=CC(F)C(=O)CC(=O)O. The number of allylic oxidation sites excluding steroid dienone is 1. The van der Waals surface area contributed by atoms with Crippen LogP contribution in [0.2, 0.25) is 0 Å². The number of rotatable bonds is 4. The Hall–Kier alpha value is -1.19. The summed E-state index contributed by atoms with van der Waals surface area (Å²) in [6, 6.07) is 0. The van der Waals surface area contributed by atoms with E-state index in [0.29, 0.717) is 0 Å². The van der Waals surface area contributed by atoms with E-state index < -0.39 is 24.3 Å². The van der Waals surface area contributed by atoms with Crippen LogP contribution in [0, 0.1) is 0 Å². The Morgan fingerprint density at radius 2 is 2.20 bits per heavy atom. The largest absolute Gasteiger partial charge is 0.481 e. The summed E-state index contributed by atoms with van der Waals surface area (Å²) in [7, 11) is 0. The number of hydrogen-bond acceptors (Lipinski definition) is 2. The number of hydrogen-bond donors (Lipinski definition) is 1. The van der Waals surface area contributed by atoms with Crippen molar-refractivity contribution in [3.05, 3.63) is 12.7 Å². The Kier molecular flexibility index (Phi) is 3.32. The van der Waals surface area contributed by atoms with Crippen LogP contribution in [-0.4, -0.2) is 23.0 Å². The van der Waals surface area contributed by atoms with Crippen LogP contribution in [0.3, 0.4) is 0 Å². The fourth-order valence-corrected chi connectivity index (χ4v) is 0.378. The van der Waals surface area contributed by atoms with Gasteiger partial charge in [0.05, 0.1) is 0 Å². The summed E-state index contributed by atoms with van der Waals surface area (Å²) in [5.74, 6) is -2.29. The van der Waals surface area contributed by atoms with Crippen molar-refractivity contribution in [3.63, 3.8) is 0 Å². The lowest BCUT2D eigenvalue weighted by atomic mass is 10.2. The van der Waals surface area contributed by atoms with Crippen molar-refractivity contribution in [1.29, 1.82) is 0 Å². The molecule has 0 aromatic heterocycles. The van der Waals surface area contributed by atoms with E-state index in [1.165, 1.54) is 0 Å². The first-order valence-electron chi connectivity index (χ1n) is 2.59. The molecule has 10 heavy (non-hydrogen) atoms. The van der Waals surface area contributed by atoms with Crippen LogP contribution in [0.25, 0.3) is 0 Å². The van der Waals surface area contributed by atoms with Gasteiger partial charge in [0.25, 0.3) is 0 Å². The molecule has 0 amide bonds. The zero-order valence-corrected chi connectivity index (χ0v) is 5.21. The highest BCUT2D eigenvalue weighted by Crippen LogP contribution is 1.97. The van der Waals surface area contributed by atoms with Gasteiger partial charge in [-0.25, -0.2) is 4.39 Å². The van der Waals surface area contributed by atoms with Crippen LogP contribution in [0.1, 0.15) is 6.42 Å². The molecule has 0 aliphatic carbocycles. The fourth-order valence-electron chi connectivity index (χ4n) is 0.378. The van der Waals surface area contributed by atoms with Crippen molar-refractivity contribution in [2.75, 3.05) is 0 Å². The van der Waals surface area contributed by atoms with Gasteiger partial charge >= 0.3 is 5.97 Å². The average Bonchev–Trinajstić information content (AvgIpc) is 1.85. The molecule has 0 bridgehead atoms. The minimum atomic E-state index is -1.85. The van der Waals surface area contributed by atoms with Crippen molar-refractivity contribution in [1.82, 2.24) is 0 Å². The standard InChI is InChI=1S/C6H7FO3/c1-2-4(7)5(8)3-6(9)10/h2,4H,1,3H2,(H,9,10). The van der Waals surface area contributed by atoms with E-state index in [4.69, 9.17) is 5.11 Å². The van der Waals surface area contributed by atoms with E-state index in [1.54, 1.807) is 0 Å². The molecule has 0 fully saturated rings. The molecule has 0 saturated carbocycles. The van der Waals surface area contributed by atoms with Crippen molar-refractivity contribution >= 4 is 11.8 Å². The van der Waals surface area contributed by atoms with Gasteiger partial charge in [-0.2, -0.15) is 0 Å². The Labute approximate surface area is 57.2 Å². The van der Waals surface area contributed by atoms with E-state index in [2.05, 4.69) is 6.58 Å². The number of halogens is 1. The summed E-state index contributed by atoms with van der Waals surface area (Å²) < 4.78 is 12.2. The highest BCUT2D eigenvalue weighted by molar-refractivity contribution is 5.98. The predicted molar refractivity (Wildman–Crippen MR) is 32.4 cm³/mol. The highest BCUT2D eigenvalue weighted by atomic mass is 19.1. The highest BCUT2D eigenvalue weighted by Gasteiger charge is 2.15. The molecule has 0 spiro atoms. The molecule has 0 heterocycles. The molecule has 4 heteroatoms. The molecule has 0 saturated heterocycles. The topological polar surface area (TPSA) is 54.4 Å². The molecule has 1 N–H and O–H groups in total. The van der Waals surface area contributed by atoms with Crippen LogP contribution in [-0.2, 0) is 9.59 Å². The van der Waals surface area contributed by atoms with Gasteiger partial charge in [-0.05, 0) is 0 Å². The third kappa shape index (κ3) is 2.96. The third-order valence-electron chi connectivity index (χ3n) is 0.840. The number of carboxylic acid groups (broad SMARTS) is 1. The molecule has 1 unspecified atom stereocenters. The molecular formula is C6H7FO3. The summed E-state index contributed by atoms with van der Waals surface area (Å²) in [4.78, 5) is 20.2. The smallest absolute Gasteiger partial charge is 0.311 e. The average molecular weight is 146 g/mol.